The third kappa shape index (κ3) is 2.31. The number of aromatic nitrogens is 3. The number of fused-ring (bicyclic) bond motifs is 1. The van der Waals surface area contributed by atoms with Crippen molar-refractivity contribution in [3.8, 4) is 0 Å². The lowest BCUT2D eigenvalue weighted by Gasteiger charge is -2.25. The number of benzene rings is 1. The lowest BCUT2D eigenvalue weighted by molar-refractivity contribution is 0.0519. The van der Waals surface area contributed by atoms with Gasteiger partial charge in [-0.05, 0) is 37.3 Å². The van der Waals surface area contributed by atoms with Crippen molar-refractivity contribution in [1.82, 2.24) is 15.0 Å². The van der Waals surface area contributed by atoms with Crippen LogP contribution in [-0.2, 0) is 11.2 Å². The van der Waals surface area contributed by atoms with E-state index in [0.717, 1.165) is 19.3 Å². The van der Waals surface area contributed by atoms with Crippen LogP contribution in [0.1, 0.15) is 47.4 Å². The number of esters is 1. The third-order valence-corrected chi connectivity index (χ3v) is 3.65. The Morgan fingerprint density at radius 3 is 3.15 bits per heavy atom. The molecule has 0 radical (unpaired) electrons. The molecule has 20 heavy (non-hydrogen) atoms. The van der Waals surface area contributed by atoms with Crippen LogP contribution in [0.4, 0.5) is 0 Å². The standard InChI is InChI=1S/C15H17N3O2/c1-2-20-15(19)13-10-18(17-16-13)14-9-5-7-11-6-3-4-8-12(11)14/h3-4,6,8,10,14H,2,5,7,9H2,1H3. The Morgan fingerprint density at radius 1 is 1.45 bits per heavy atom. The molecular weight excluding hydrogens is 254 g/mol. The fourth-order valence-corrected chi connectivity index (χ4v) is 2.73. The molecule has 1 atom stereocenters. The smallest absolute Gasteiger partial charge is 0.360 e. The highest BCUT2D eigenvalue weighted by molar-refractivity contribution is 5.86. The van der Waals surface area contributed by atoms with Gasteiger partial charge in [0, 0.05) is 0 Å². The van der Waals surface area contributed by atoms with Gasteiger partial charge >= 0.3 is 5.97 Å². The van der Waals surface area contributed by atoms with Gasteiger partial charge in [0.2, 0.25) is 0 Å². The molecule has 5 heteroatoms. The van der Waals surface area contributed by atoms with Crippen molar-refractivity contribution in [3.05, 3.63) is 47.3 Å². The molecule has 1 aromatic carbocycles. The zero-order chi connectivity index (χ0) is 13.9. The van der Waals surface area contributed by atoms with Gasteiger partial charge in [0.05, 0.1) is 18.8 Å². The molecule has 3 rings (SSSR count). The summed E-state index contributed by atoms with van der Waals surface area (Å²) >= 11 is 0. The summed E-state index contributed by atoms with van der Waals surface area (Å²) < 4.78 is 6.73. The number of hydrogen-bond donors (Lipinski definition) is 0. The van der Waals surface area contributed by atoms with E-state index in [2.05, 4.69) is 28.5 Å². The summed E-state index contributed by atoms with van der Waals surface area (Å²) in [5, 5.41) is 8.03. The molecule has 0 saturated heterocycles. The summed E-state index contributed by atoms with van der Waals surface area (Å²) in [6.45, 7) is 2.12. The van der Waals surface area contributed by atoms with Crippen LogP contribution in [0.5, 0.6) is 0 Å². The molecule has 104 valence electrons. The Kier molecular flexibility index (Phi) is 3.50. The molecule has 0 bridgehead atoms. The normalized spacial score (nSPS) is 17.6. The van der Waals surface area contributed by atoms with Crippen molar-refractivity contribution in [2.24, 2.45) is 0 Å². The second kappa shape index (κ2) is 5.45. The van der Waals surface area contributed by atoms with E-state index in [0.29, 0.717) is 6.61 Å². The summed E-state index contributed by atoms with van der Waals surface area (Å²) in [6, 6.07) is 8.55. The molecule has 1 aliphatic rings. The highest BCUT2D eigenvalue weighted by atomic mass is 16.5. The molecule has 5 nitrogen and oxygen atoms in total. The molecule has 0 aliphatic heterocycles. The van der Waals surface area contributed by atoms with Crippen LogP contribution in [0.3, 0.4) is 0 Å². The molecule has 1 aliphatic carbocycles. The van der Waals surface area contributed by atoms with Crippen LogP contribution in [0.2, 0.25) is 0 Å². The summed E-state index contributed by atoms with van der Waals surface area (Å²) in [5.41, 5.74) is 2.91. The minimum atomic E-state index is -0.414. The summed E-state index contributed by atoms with van der Waals surface area (Å²) in [4.78, 5) is 11.6. The average Bonchev–Trinajstić information content (AvgIpc) is 2.97. The first-order valence-corrected chi connectivity index (χ1v) is 6.96. The number of rotatable bonds is 3. The van der Waals surface area contributed by atoms with Crippen LogP contribution < -0.4 is 0 Å². The summed E-state index contributed by atoms with van der Waals surface area (Å²) in [7, 11) is 0. The highest BCUT2D eigenvalue weighted by Crippen LogP contribution is 2.32. The first-order chi connectivity index (χ1) is 9.79. The van der Waals surface area contributed by atoms with Crippen molar-refractivity contribution in [1.29, 1.82) is 0 Å². The number of hydrogen-bond acceptors (Lipinski definition) is 4. The summed E-state index contributed by atoms with van der Waals surface area (Å²) in [6.07, 6.45) is 4.93. The van der Waals surface area contributed by atoms with Crippen LogP contribution >= 0.6 is 0 Å². The van der Waals surface area contributed by atoms with Crippen molar-refractivity contribution in [2.75, 3.05) is 6.61 Å². The van der Waals surface area contributed by atoms with Gasteiger partial charge in [0.15, 0.2) is 5.69 Å². The van der Waals surface area contributed by atoms with E-state index < -0.39 is 5.97 Å². The predicted molar refractivity (Wildman–Crippen MR) is 73.5 cm³/mol. The number of nitrogens with zero attached hydrogens (tertiary/aromatic N) is 3. The molecule has 0 N–H and O–H groups in total. The van der Waals surface area contributed by atoms with Crippen molar-refractivity contribution >= 4 is 5.97 Å². The first-order valence-electron chi connectivity index (χ1n) is 6.96. The number of carbonyl (C=O) groups is 1. The van der Waals surface area contributed by atoms with Gasteiger partial charge in [-0.25, -0.2) is 9.48 Å². The van der Waals surface area contributed by atoms with Gasteiger partial charge in [-0.3, -0.25) is 0 Å². The maximum atomic E-state index is 11.6. The Balaban J connectivity index is 1.89. The van der Waals surface area contributed by atoms with Crippen molar-refractivity contribution in [2.45, 2.75) is 32.2 Å². The lowest BCUT2D eigenvalue weighted by Crippen LogP contribution is -2.17. The van der Waals surface area contributed by atoms with E-state index in [-0.39, 0.29) is 11.7 Å². The van der Waals surface area contributed by atoms with Gasteiger partial charge in [-0.1, -0.05) is 29.5 Å². The van der Waals surface area contributed by atoms with E-state index in [4.69, 9.17) is 4.74 Å². The zero-order valence-electron chi connectivity index (χ0n) is 11.5. The Hall–Kier alpha value is -2.17. The molecule has 0 fully saturated rings. The molecular formula is C15H17N3O2. The lowest BCUT2D eigenvalue weighted by atomic mass is 9.88. The second-order valence-electron chi connectivity index (χ2n) is 4.91. The van der Waals surface area contributed by atoms with Crippen LogP contribution in [-0.4, -0.2) is 27.6 Å². The van der Waals surface area contributed by atoms with Gasteiger partial charge in [-0.2, -0.15) is 0 Å². The molecule has 2 aromatic rings. The van der Waals surface area contributed by atoms with Gasteiger partial charge < -0.3 is 4.74 Å². The molecule has 1 aromatic heterocycles. The maximum absolute atomic E-state index is 11.6. The van der Waals surface area contributed by atoms with E-state index in [1.54, 1.807) is 17.8 Å². The van der Waals surface area contributed by atoms with Crippen LogP contribution in [0.15, 0.2) is 30.5 Å². The monoisotopic (exact) mass is 271 g/mol. The van der Waals surface area contributed by atoms with Gasteiger partial charge in [0.1, 0.15) is 0 Å². The average molecular weight is 271 g/mol. The zero-order valence-corrected chi connectivity index (χ0v) is 11.5. The van der Waals surface area contributed by atoms with Gasteiger partial charge in [0.25, 0.3) is 0 Å². The molecule has 0 spiro atoms. The minimum Gasteiger partial charge on any atom is -0.461 e. The van der Waals surface area contributed by atoms with Gasteiger partial charge in [-0.15, -0.1) is 5.10 Å². The fraction of sp³-hybridized carbons (Fsp3) is 0.400. The number of carbonyl (C=O) groups excluding carboxylic acids is 1. The predicted octanol–water partition coefficient (Wildman–Crippen LogP) is 2.38. The third-order valence-electron chi connectivity index (χ3n) is 3.65. The quantitative estimate of drug-likeness (QED) is 0.804. The van der Waals surface area contributed by atoms with E-state index in [1.165, 1.54) is 11.1 Å². The SMILES string of the molecule is CCOC(=O)c1cn(C2CCCc3ccccc32)nn1. The number of aryl methyl sites for hydroxylation is 1. The maximum Gasteiger partial charge on any atom is 0.360 e. The van der Waals surface area contributed by atoms with Crippen molar-refractivity contribution in [3.63, 3.8) is 0 Å². The Bertz CT molecular complexity index is 621. The Morgan fingerprint density at radius 2 is 2.30 bits per heavy atom. The van der Waals surface area contributed by atoms with Crippen molar-refractivity contribution < 1.29 is 9.53 Å². The molecule has 1 unspecified atom stereocenters. The minimum absolute atomic E-state index is 0.163. The highest BCUT2D eigenvalue weighted by Gasteiger charge is 2.23. The number of ether oxygens (including phenoxy) is 1. The molecule has 0 amide bonds. The van der Waals surface area contributed by atoms with E-state index in [1.807, 2.05) is 6.07 Å². The second-order valence-corrected chi connectivity index (χ2v) is 4.91. The largest absolute Gasteiger partial charge is 0.461 e. The van der Waals surface area contributed by atoms with E-state index in [9.17, 15) is 4.79 Å². The fourth-order valence-electron chi connectivity index (χ4n) is 2.73. The first kappa shape index (κ1) is 12.8. The van der Waals surface area contributed by atoms with E-state index >= 15 is 0 Å². The molecule has 0 saturated carbocycles. The van der Waals surface area contributed by atoms with Crippen LogP contribution in [0.25, 0.3) is 0 Å². The Labute approximate surface area is 117 Å². The topological polar surface area (TPSA) is 57.0 Å². The molecule has 1 heterocycles. The summed E-state index contributed by atoms with van der Waals surface area (Å²) in [5.74, 6) is -0.414. The van der Waals surface area contributed by atoms with Crippen LogP contribution in [0, 0.1) is 0 Å².